The first-order valence-corrected chi connectivity index (χ1v) is 8.36. The maximum Gasteiger partial charge on any atom is 0.0166 e. The molecule has 17 heavy (non-hydrogen) atoms. The lowest BCUT2D eigenvalue weighted by molar-refractivity contribution is 0.181. The Labute approximate surface area is 112 Å². The highest BCUT2D eigenvalue weighted by Crippen LogP contribution is 2.37. The van der Waals surface area contributed by atoms with E-state index in [0.29, 0.717) is 10.8 Å². The molecule has 1 N–H and O–H groups in total. The number of rotatable bonds is 2. The summed E-state index contributed by atoms with van der Waals surface area (Å²) in [5.41, 5.74) is 1.10. The number of hydrogen-bond acceptors (Lipinski definition) is 2. The molecule has 1 saturated carbocycles. The van der Waals surface area contributed by atoms with Gasteiger partial charge in [0.1, 0.15) is 0 Å². The van der Waals surface area contributed by atoms with E-state index in [1.165, 1.54) is 43.6 Å². The molecule has 1 saturated heterocycles. The van der Waals surface area contributed by atoms with Gasteiger partial charge >= 0.3 is 0 Å². The molecule has 1 nitrogen and oxygen atoms in total. The molecule has 2 heteroatoms. The van der Waals surface area contributed by atoms with Crippen molar-refractivity contribution < 1.29 is 0 Å². The zero-order chi connectivity index (χ0) is 12.5. The van der Waals surface area contributed by atoms with Crippen LogP contribution in [0.1, 0.15) is 59.8 Å². The largest absolute Gasteiger partial charge is 0.310 e. The molecule has 0 aromatic carbocycles. The van der Waals surface area contributed by atoms with Crippen LogP contribution in [0.25, 0.3) is 0 Å². The summed E-state index contributed by atoms with van der Waals surface area (Å²) in [6, 6.07) is 1.53. The Balaban J connectivity index is 1.84. The third-order valence-electron chi connectivity index (χ3n) is 4.29. The van der Waals surface area contributed by atoms with Crippen molar-refractivity contribution in [2.24, 2.45) is 10.8 Å². The van der Waals surface area contributed by atoms with E-state index >= 15 is 0 Å². The van der Waals surface area contributed by atoms with Gasteiger partial charge in [0.2, 0.25) is 0 Å². The average molecular weight is 255 g/mol. The maximum atomic E-state index is 3.95. The maximum absolute atomic E-state index is 3.95. The molecule has 2 unspecified atom stereocenters. The molecule has 100 valence electrons. The van der Waals surface area contributed by atoms with Gasteiger partial charge in [-0.2, -0.15) is 11.8 Å². The minimum Gasteiger partial charge on any atom is -0.310 e. The highest BCUT2D eigenvalue weighted by Gasteiger charge is 2.32. The second kappa shape index (κ2) is 5.13. The van der Waals surface area contributed by atoms with E-state index < -0.39 is 0 Å². The van der Waals surface area contributed by atoms with E-state index in [1.807, 2.05) is 0 Å². The minimum absolute atomic E-state index is 0.533. The molecule has 2 aliphatic rings. The molecule has 0 aromatic heterocycles. The normalized spacial score (nSPS) is 36.7. The first-order valence-electron chi connectivity index (χ1n) is 7.20. The first kappa shape index (κ1) is 13.7. The average Bonchev–Trinajstić information content (AvgIpc) is 2.13. The highest BCUT2D eigenvalue weighted by molar-refractivity contribution is 7.99. The third kappa shape index (κ3) is 4.17. The van der Waals surface area contributed by atoms with Crippen molar-refractivity contribution in [3.05, 3.63) is 0 Å². The van der Waals surface area contributed by atoms with Crippen LogP contribution in [0.3, 0.4) is 0 Å². The molecule has 1 aliphatic heterocycles. The van der Waals surface area contributed by atoms with Gasteiger partial charge in [-0.15, -0.1) is 0 Å². The van der Waals surface area contributed by atoms with Gasteiger partial charge in [0, 0.05) is 17.8 Å². The zero-order valence-corrected chi connectivity index (χ0v) is 12.8. The molecule has 0 radical (unpaired) electrons. The van der Waals surface area contributed by atoms with Crippen molar-refractivity contribution >= 4 is 11.8 Å². The molecular weight excluding hydrogens is 226 g/mol. The third-order valence-corrected chi connectivity index (χ3v) is 5.91. The van der Waals surface area contributed by atoms with Gasteiger partial charge in [-0.3, -0.25) is 0 Å². The summed E-state index contributed by atoms with van der Waals surface area (Å²) in [7, 11) is 0. The fourth-order valence-corrected chi connectivity index (χ4v) is 4.83. The zero-order valence-electron chi connectivity index (χ0n) is 12.0. The van der Waals surface area contributed by atoms with E-state index in [9.17, 15) is 0 Å². The summed E-state index contributed by atoms with van der Waals surface area (Å²) < 4.78 is 0. The molecule has 0 bridgehead atoms. The van der Waals surface area contributed by atoms with Crippen molar-refractivity contribution in [2.75, 3.05) is 11.5 Å². The van der Waals surface area contributed by atoms with Gasteiger partial charge in [0.15, 0.2) is 0 Å². The summed E-state index contributed by atoms with van der Waals surface area (Å²) in [4.78, 5) is 0. The van der Waals surface area contributed by atoms with Crippen molar-refractivity contribution in [2.45, 2.75) is 71.9 Å². The smallest absolute Gasteiger partial charge is 0.0166 e. The van der Waals surface area contributed by atoms with E-state index in [2.05, 4.69) is 44.8 Å². The summed E-state index contributed by atoms with van der Waals surface area (Å²) in [6.45, 7) is 9.69. The fraction of sp³-hybridized carbons (Fsp3) is 1.00. The lowest BCUT2D eigenvalue weighted by atomic mass is 9.75. The van der Waals surface area contributed by atoms with Gasteiger partial charge in [-0.1, -0.05) is 34.1 Å². The Hall–Kier alpha value is 0.310. The predicted molar refractivity (Wildman–Crippen MR) is 78.7 cm³/mol. The number of thioether (sulfide) groups is 1. The monoisotopic (exact) mass is 255 g/mol. The first-order chi connectivity index (χ1) is 7.86. The van der Waals surface area contributed by atoms with Gasteiger partial charge in [0.25, 0.3) is 0 Å². The molecule has 1 aliphatic carbocycles. The molecule has 0 spiro atoms. The van der Waals surface area contributed by atoms with Gasteiger partial charge < -0.3 is 5.32 Å². The summed E-state index contributed by atoms with van der Waals surface area (Å²) in [5, 5.41) is 3.95. The molecule has 2 rings (SSSR count). The van der Waals surface area contributed by atoms with E-state index in [0.717, 1.165) is 12.1 Å². The summed E-state index contributed by atoms with van der Waals surface area (Å²) in [5.74, 6) is 2.65. The summed E-state index contributed by atoms with van der Waals surface area (Å²) >= 11 is 2.14. The molecular formula is C15H29NS. The van der Waals surface area contributed by atoms with Crippen LogP contribution in [0.4, 0.5) is 0 Å². The van der Waals surface area contributed by atoms with Gasteiger partial charge in [-0.25, -0.2) is 0 Å². The molecule has 1 heterocycles. The van der Waals surface area contributed by atoms with Crippen LogP contribution in [0, 0.1) is 10.8 Å². The SMILES string of the molecule is CC1(C)CCCC(NC2CSCC(C)(C)C2)C1. The van der Waals surface area contributed by atoms with Crippen LogP contribution in [-0.2, 0) is 0 Å². The molecule has 0 aromatic rings. The highest BCUT2D eigenvalue weighted by atomic mass is 32.2. The molecule has 2 atom stereocenters. The second-order valence-corrected chi connectivity index (χ2v) is 8.73. The van der Waals surface area contributed by atoms with E-state index in [1.54, 1.807) is 0 Å². The number of hydrogen-bond donors (Lipinski definition) is 1. The van der Waals surface area contributed by atoms with Crippen LogP contribution < -0.4 is 5.32 Å². The van der Waals surface area contributed by atoms with Crippen molar-refractivity contribution in [3.63, 3.8) is 0 Å². The lowest BCUT2D eigenvalue weighted by Crippen LogP contribution is -2.47. The second-order valence-electron chi connectivity index (χ2n) is 7.70. The predicted octanol–water partition coefficient (Wildman–Crippen LogP) is 4.08. The van der Waals surface area contributed by atoms with Gasteiger partial charge in [-0.05, 0) is 42.3 Å². The Morgan fingerprint density at radius 2 is 1.71 bits per heavy atom. The lowest BCUT2D eigenvalue weighted by Gasteiger charge is -2.41. The minimum atomic E-state index is 0.533. The summed E-state index contributed by atoms with van der Waals surface area (Å²) in [6.07, 6.45) is 6.95. The quantitative estimate of drug-likeness (QED) is 0.798. The fourth-order valence-electron chi connectivity index (χ4n) is 3.54. The van der Waals surface area contributed by atoms with Crippen LogP contribution >= 0.6 is 11.8 Å². The topological polar surface area (TPSA) is 12.0 Å². The van der Waals surface area contributed by atoms with Crippen molar-refractivity contribution in [3.8, 4) is 0 Å². The Morgan fingerprint density at radius 1 is 1.00 bits per heavy atom. The standard InChI is InChI=1S/C15H29NS/c1-14(2)7-5-6-12(8-14)16-13-9-15(3,4)11-17-10-13/h12-13,16H,5-11H2,1-4H3. The van der Waals surface area contributed by atoms with Crippen LogP contribution in [-0.4, -0.2) is 23.6 Å². The molecule has 0 amide bonds. The number of nitrogens with one attached hydrogen (secondary N) is 1. The van der Waals surface area contributed by atoms with Crippen molar-refractivity contribution in [1.82, 2.24) is 5.32 Å². The Morgan fingerprint density at radius 3 is 2.35 bits per heavy atom. The Bertz CT molecular complexity index is 234. The van der Waals surface area contributed by atoms with Crippen LogP contribution in [0.5, 0.6) is 0 Å². The van der Waals surface area contributed by atoms with Gasteiger partial charge in [0.05, 0.1) is 0 Å². The molecule has 2 fully saturated rings. The van der Waals surface area contributed by atoms with E-state index in [4.69, 9.17) is 0 Å². The Kier molecular flexibility index (Phi) is 4.14. The van der Waals surface area contributed by atoms with Crippen LogP contribution in [0.2, 0.25) is 0 Å². The van der Waals surface area contributed by atoms with Crippen LogP contribution in [0.15, 0.2) is 0 Å². The van der Waals surface area contributed by atoms with E-state index in [-0.39, 0.29) is 0 Å². The van der Waals surface area contributed by atoms with Crippen molar-refractivity contribution in [1.29, 1.82) is 0 Å².